The van der Waals surface area contributed by atoms with E-state index in [-0.39, 0.29) is 6.10 Å². The van der Waals surface area contributed by atoms with Crippen LogP contribution in [0.2, 0.25) is 5.02 Å². The molecule has 0 spiro atoms. The number of halogens is 1. The van der Waals surface area contributed by atoms with Gasteiger partial charge >= 0.3 is 0 Å². The summed E-state index contributed by atoms with van der Waals surface area (Å²) in [5, 5.41) is 8.43. The van der Waals surface area contributed by atoms with Crippen molar-refractivity contribution in [2.75, 3.05) is 19.4 Å². The van der Waals surface area contributed by atoms with E-state index in [4.69, 9.17) is 21.2 Å². The average Bonchev–Trinajstić information content (AvgIpc) is 3.22. The first-order valence-electron chi connectivity index (χ1n) is 8.63. The number of aromatic nitrogens is 3. The Kier molecular flexibility index (Phi) is 5.80. The molecule has 4 rings (SSSR count). The van der Waals surface area contributed by atoms with Crippen molar-refractivity contribution in [3.05, 3.63) is 59.1 Å². The number of aromatic amines is 1. The fourth-order valence-corrected chi connectivity index (χ4v) is 3.65. The SMILES string of the molecule is COc1ccc(Cl)cc1-c1nc(SCC2CN=C(c3ccccc3)NO2)n[nH]1. The lowest BCUT2D eigenvalue weighted by atomic mass is 10.2. The first-order valence-corrected chi connectivity index (χ1v) is 10.00. The van der Waals surface area contributed by atoms with Crippen molar-refractivity contribution in [1.82, 2.24) is 20.7 Å². The first-order chi connectivity index (χ1) is 13.7. The normalized spacial score (nSPS) is 16.4. The van der Waals surface area contributed by atoms with Gasteiger partial charge in [0.1, 0.15) is 11.9 Å². The van der Waals surface area contributed by atoms with Gasteiger partial charge in [-0.1, -0.05) is 53.7 Å². The molecular formula is C19H18ClN5O2S. The van der Waals surface area contributed by atoms with Crippen molar-refractivity contribution < 1.29 is 9.57 Å². The highest BCUT2D eigenvalue weighted by molar-refractivity contribution is 7.99. The first kappa shape index (κ1) is 18.8. The van der Waals surface area contributed by atoms with Crippen LogP contribution in [0.15, 0.2) is 58.7 Å². The van der Waals surface area contributed by atoms with Gasteiger partial charge in [0.15, 0.2) is 11.7 Å². The van der Waals surface area contributed by atoms with Gasteiger partial charge in [0.25, 0.3) is 0 Å². The van der Waals surface area contributed by atoms with Gasteiger partial charge in [-0.2, -0.15) is 0 Å². The number of rotatable bonds is 6. The highest BCUT2D eigenvalue weighted by Crippen LogP contribution is 2.31. The van der Waals surface area contributed by atoms with Gasteiger partial charge in [-0.05, 0) is 18.2 Å². The highest BCUT2D eigenvalue weighted by atomic mass is 35.5. The Balaban J connectivity index is 1.37. The van der Waals surface area contributed by atoms with Gasteiger partial charge in [-0.15, -0.1) is 5.10 Å². The number of hydrogen-bond acceptors (Lipinski definition) is 7. The van der Waals surface area contributed by atoms with Crippen molar-refractivity contribution in [3.63, 3.8) is 0 Å². The third-order valence-electron chi connectivity index (χ3n) is 4.10. The van der Waals surface area contributed by atoms with E-state index in [0.29, 0.717) is 34.1 Å². The van der Waals surface area contributed by atoms with E-state index in [1.165, 1.54) is 11.8 Å². The predicted octanol–water partition coefficient (Wildman–Crippen LogP) is 3.58. The fraction of sp³-hybridized carbons (Fsp3) is 0.211. The van der Waals surface area contributed by atoms with Crippen molar-refractivity contribution in [2.24, 2.45) is 4.99 Å². The summed E-state index contributed by atoms with van der Waals surface area (Å²) in [6, 6.07) is 15.3. The van der Waals surface area contributed by atoms with Gasteiger partial charge < -0.3 is 4.74 Å². The average molecular weight is 416 g/mol. The second kappa shape index (κ2) is 8.64. The molecular weight excluding hydrogens is 398 g/mol. The van der Waals surface area contributed by atoms with Gasteiger partial charge in [0, 0.05) is 16.3 Å². The minimum Gasteiger partial charge on any atom is -0.496 e. The van der Waals surface area contributed by atoms with Crippen molar-refractivity contribution >= 4 is 29.2 Å². The number of aliphatic imine (C=N–C) groups is 1. The van der Waals surface area contributed by atoms with Crippen LogP contribution in [0.3, 0.4) is 0 Å². The quantitative estimate of drug-likeness (QED) is 0.598. The van der Waals surface area contributed by atoms with Crippen LogP contribution >= 0.6 is 23.4 Å². The minimum absolute atomic E-state index is 0.0693. The van der Waals surface area contributed by atoms with E-state index < -0.39 is 0 Å². The molecule has 0 radical (unpaired) electrons. The molecule has 1 aromatic heterocycles. The molecule has 0 aliphatic carbocycles. The van der Waals surface area contributed by atoms with Crippen LogP contribution in [-0.4, -0.2) is 46.5 Å². The molecule has 1 aliphatic rings. The summed E-state index contributed by atoms with van der Waals surface area (Å²) in [5.41, 5.74) is 4.70. The lowest BCUT2D eigenvalue weighted by Crippen LogP contribution is -2.38. The molecule has 0 saturated heterocycles. The zero-order valence-corrected chi connectivity index (χ0v) is 16.6. The summed E-state index contributed by atoms with van der Waals surface area (Å²) < 4.78 is 5.37. The molecule has 2 aromatic carbocycles. The van der Waals surface area contributed by atoms with E-state index in [9.17, 15) is 0 Å². The topological polar surface area (TPSA) is 84.4 Å². The number of benzene rings is 2. The van der Waals surface area contributed by atoms with Crippen LogP contribution in [0, 0.1) is 0 Å². The largest absolute Gasteiger partial charge is 0.496 e. The molecule has 28 heavy (non-hydrogen) atoms. The smallest absolute Gasteiger partial charge is 0.208 e. The number of hydroxylamine groups is 1. The Morgan fingerprint density at radius 2 is 2.11 bits per heavy atom. The van der Waals surface area contributed by atoms with E-state index >= 15 is 0 Å². The second-order valence-electron chi connectivity index (χ2n) is 6.02. The highest BCUT2D eigenvalue weighted by Gasteiger charge is 2.19. The fourth-order valence-electron chi connectivity index (χ4n) is 2.70. The number of thioether (sulfide) groups is 1. The summed E-state index contributed by atoms with van der Waals surface area (Å²) in [5.74, 6) is 2.70. The Hall–Kier alpha value is -2.55. The third kappa shape index (κ3) is 4.30. The Bertz CT molecular complexity index is 979. The molecule has 9 heteroatoms. The van der Waals surface area contributed by atoms with Gasteiger partial charge in [0.05, 0.1) is 19.2 Å². The zero-order chi connectivity index (χ0) is 19.3. The molecule has 2 N–H and O–H groups in total. The number of hydrogen-bond donors (Lipinski definition) is 2. The predicted molar refractivity (Wildman–Crippen MR) is 110 cm³/mol. The van der Waals surface area contributed by atoms with Crippen molar-refractivity contribution in [3.8, 4) is 17.1 Å². The van der Waals surface area contributed by atoms with Crippen LogP contribution in [0.1, 0.15) is 5.56 Å². The molecule has 0 bridgehead atoms. The van der Waals surface area contributed by atoms with Crippen LogP contribution in [0.25, 0.3) is 11.4 Å². The second-order valence-corrected chi connectivity index (χ2v) is 7.44. The third-order valence-corrected chi connectivity index (χ3v) is 5.32. The van der Waals surface area contributed by atoms with Gasteiger partial charge in [-0.3, -0.25) is 14.9 Å². The van der Waals surface area contributed by atoms with Crippen molar-refractivity contribution in [2.45, 2.75) is 11.3 Å². The number of nitrogens with one attached hydrogen (secondary N) is 2. The Morgan fingerprint density at radius 3 is 2.86 bits per heavy atom. The number of methoxy groups -OCH3 is 1. The Labute approximate surface area is 171 Å². The van der Waals surface area contributed by atoms with E-state index in [2.05, 4.69) is 25.7 Å². The Morgan fingerprint density at radius 1 is 1.25 bits per heavy atom. The van der Waals surface area contributed by atoms with Gasteiger partial charge in [-0.25, -0.2) is 10.5 Å². The summed E-state index contributed by atoms with van der Waals surface area (Å²) in [7, 11) is 1.61. The van der Waals surface area contributed by atoms with Crippen LogP contribution in [0.5, 0.6) is 5.75 Å². The number of nitrogens with zero attached hydrogens (tertiary/aromatic N) is 3. The molecule has 1 atom stereocenters. The summed E-state index contributed by atoms with van der Waals surface area (Å²) in [6.45, 7) is 0.573. The van der Waals surface area contributed by atoms with Crippen molar-refractivity contribution in [1.29, 1.82) is 0 Å². The molecule has 0 saturated carbocycles. The summed E-state index contributed by atoms with van der Waals surface area (Å²) in [4.78, 5) is 14.8. The summed E-state index contributed by atoms with van der Waals surface area (Å²) >= 11 is 7.59. The molecule has 144 valence electrons. The van der Waals surface area contributed by atoms with Gasteiger partial charge in [0.2, 0.25) is 5.16 Å². The summed E-state index contributed by atoms with van der Waals surface area (Å²) in [6.07, 6.45) is -0.0693. The van der Waals surface area contributed by atoms with Crippen LogP contribution in [-0.2, 0) is 4.84 Å². The van der Waals surface area contributed by atoms with Crippen LogP contribution in [0.4, 0.5) is 0 Å². The monoisotopic (exact) mass is 415 g/mol. The maximum absolute atomic E-state index is 6.09. The molecule has 2 heterocycles. The zero-order valence-electron chi connectivity index (χ0n) is 15.1. The standard InChI is InChI=1S/C19H18ClN5O2S/c1-26-16-8-7-13(20)9-15(16)18-22-19(24-23-18)28-11-14-10-21-17(25-27-14)12-5-3-2-4-6-12/h2-9,14H,10-11H2,1H3,(H,21,25)(H,22,23,24). The van der Waals surface area contributed by atoms with Crippen LogP contribution < -0.4 is 10.2 Å². The molecule has 3 aromatic rings. The lowest BCUT2D eigenvalue weighted by Gasteiger charge is -2.22. The number of amidine groups is 1. The van der Waals surface area contributed by atoms with E-state index in [1.807, 2.05) is 30.3 Å². The van der Waals surface area contributed by atoms with E-state index in [0.717, 1.165) is 17.0 Å². The molecule has 7 nitrogen and oxygen atoms in total. The molecule has 0 amide bonds. The van der Waals surface area contributed by atoms with E-state index in [1.54, 1.807) is 25.3 Å². The molecule has 0 fully saturated rings. The number of ether oxygens (including phenoxy) is 1. The maximum atomic E-state index is 6.09. The maximum Gasteiger partial charge on any atom is 0.208 e. The number of H-pyrrole nitrogens is 1. The molecule has 1 unspecified atom stereocenters. The lowest BCUT2D eigenvalue weighted by molar-refractivity contribution is 0.0212. The minimum atomic E-state index is -0.0693. The molecule has 1 aliphatic heterocycles.